The Hall–Kier alpha value is -2.05. The molecule has 0 unspecified atom stereocenters. The van der Waals surface area contributed by atoms with E-state index < -0.39 is 6.10 Å². The largest absolute Gasteiger partial charge is 0.391 e. The fraction of sp³-hybridized carbons (Fsp3) is 0.350. The van der Waals surface area contributed by atoms with Crippen molar-refractivity contribution < 1.29 is 14.3 Å². The zero-order valence-electron chi connectivity index (χ0n) is 14.5. The first kappa shape index (κ1) is 18.7. The van der Waals surface area contributed by atoms with Crippen molar-refractivity contribution in [2.75, 3.05) is 30.7 Å². The van der Waals surface area contributed by atoms with Gasteiger partial charge in [-0.3, -0.25) is 4.79 Å². The second-order valence-electron chi connectivity index (χ2n) is 6.33. The van der Waals surface area contributed by atoms with Crippen LogP contribution in [0.25, 0.3) is 0 Å². The van der Waals surface area contributed by atoms with Gasteiger partial charge in [0.15, 0.2) is 0 Å². The molecule has 6 heteroatoms. The molecule has 4 nitrogen and oxygen atoms in total. The molecule has 2 N–H and O–H groups in total. The summed E-state index contributed by atoms with van der Waals surface area (Å²) < 4.78 is 13.6. The number of nitrogens with zero attached hydrogens (tertiary/aromatic N) is 1. The fourth-order valence-corrected chi connectivity index (χ4v) is 3.81. The van der Waals surface area contributed by atoms with Gasteiger partial charge in [-0.25, -0.2) is 4.39 Å². The number of carbonyl (C=O) groups is 1. The van der Waals surface area contributed by atoms with E-state index in [2.05, 4.69) is 5.32 Å². The third-order valence-electron chi connectivity index (χ3n) is 4.32. The lowest BCUT2D eigenvalue weighted by Gasteiger charge is -2.30. The Balaban J connectivity index is 1.52. The van der Waals surface area contributed by atoms with Gasteiger partial charge in [-0.05, 0) is 43.2 Å². The molecule has 1 amide bonds. The van der Waals surface area contributed by atoms with Crippen LogP contribution >= 0.6 is 11.8 Å². The first-order valence-corrected chi connectivity index (χ1v) is 9.80. The van der Waals surface area contributed by atoms with E-state index in [1.807, 2.05) is 24.3 Å². The van der Waals surface area contributed by atoms with Gasteiger partial charge in [0.25, 0.3) is 5.91 Å². The Morgan fingerprint density at radius 1 is 1.27 bits per heavy atom. The molecule has 0 saturated carbocycles. The lowest BCUT2D eigenvalue weighted by molar-refractivity contribution is 0.0474. The van der Waals surface area contributed by atoms with Crippen molar-refractivity contribution in [1.29, 1.82) is 0 Å². The molecule has 1 fully saturated rings. The SMILES string of the molecule is O=C(c1cccc(NCCSc2ccccc2F)c1)N1CCC[C@H](O)C1. The number of carbonyl (C=O) groups excluding carboxylic acids is 1. The van der Waals surface area contributed by atoms with Crippen LogP contribution in [0, 0.1) is 5.82 Å². The van der Waals surface area contributed by atoms with Crippen molar-refractivity contribution in [1.82, 2.24) is 4.90 Å². The standard InChI is InChI=1S/C20H23FN2O2S/c21-18-8-1-2-9-19(18)26-12-10-22-16-6-3-5-15(13-16)20(25)23-11-4-7-17(24)14-23/h1-3,5-6,8-9,13,17,22,24H,4,7,10-12,14H2/t17-/m0/s1. The number of rotatable bonds is 6. The molecule has 0 bridgehead atoms. The highest BCUT2D eigenvalue weighted by atomic mass is 32.2. The zero-order valence-corrected chi connectivity index (χ0v) is 15.3. The Bertz CT molecular complexity index is 756. The van der Waals surface area contributed by atoms with Gasteiger partial charge < -0.3 is 15.3 Å². The van der Waals surface area contributed by atoms with Crippen molar-refractivity contribution >= 4 is 23.4 Å². The maximum absolute atomic E-state index is 13.6. The van der Waals surface area contributed by atoms with Gasteiger partial charge >= 0.3 is 0 Å². The minimum Gasteiger partial charge on any atom is -0.391 e. The lowest BCUT2D eigenvalue weighted by atomic mass is 10.1. The number of β-amino-alcohol motifs (C(OH)–C–C–N with tert-alkyl or cyclic N) is 1. The molecule has 0 aromatic heterocycles. The van der Waals surface area contributed by atoms with E-state index >= 15 is 0 Å². The first-order chi connectivity index (χ1) is 12.6. The molecular formula is C20H23FN2O2S. The van der Waals surface area contributed by atoms with Crippen LogP contribution in [0.15, 0.2) is 53.4 Å². The Morgan fingerprint density at radius 3 is 2.92 bits per heavy atom. The average molecular weight is 374 g/mol. The third kappa shape index (κ3) is 4.99. The topological polar surface area (TPSA) is 52.6 Å². The molecule has 2 aromatic rings. The van der Waals surface area contributed by atoms with Gasteiger partial charge in [-0.2, -0.15) is 0 Å². The quantitative estimate of drug-likeness (QED) is 0.599. The molecule has 1 saturated heterocycles. The number of benzene rings is 2. The van der Waals surface area contributed by atoms with E-state index in [9.17, 15) is 14.3 Å². The molecule has 26 heavy (non-hydrogen) atoms. The van der Waals surface area contributed by atoms with Crippen LogP contribution in [0.4, 0.5) is 10.1 Å². The number of amides is 1. The number of hydrogen-bond donors (Lipinski definition) is 2. The Kier molecular flexibility index (Phi) is 6.52. The minimum atomic E-state index is -0.426. The highest BCUT2D eigenvalue weighted by molar-refractivity contribution is 7.99. The monoisotopic (exact) mass is 374 g/mol. The van der Waals surface area contributed by atoms with E-state index in [-0.39, 0.29) is 11.7 Å². The molecule has 1 aliphatic heterocycles. The minimum absolute atomic E-state index is 0.0480. The van der Waals surface area contributed by atoms with Crippen molar-refractivity contribution in [2.24, 2.45) is 0 Å². The van der Waals surface area contributed by atoms with Gasteiger partial charge in [-0.1, -0.05) is 18.2 Å². The molecule has 2 aromatic carbocycles. The van der Waals surface area contributed by atoms with E-state index in [1.165, 1.54) is 17.8 Å². The summed E-state index contributed by atoms with van der Waals surface area (Å²) in [6, 6.07) is 14.1. The van der Waals surface area contributed by atoms with E-state index in [1.54, 1.807) is 23.1 Å². The first-order valence-electron chi connectivity index (χ1n) is 8.82. The van der Waals surface area contributed by atoms with E-state index in [0.717, 1.165) is 24.3 Å². The fourth-order valence-electron chi connectivity index (χ4n) is 3.00. The van der Waals surface area contributed by atoms with Crippen molar-refractivity contribution in [3.63, 3.8) is 0 Å². The predicted molar refractivity (Wildman–Crippen MR) is 103 cm³/mol. The highest BCUT2D eigenvalue weighted by Crippen LogP contribution is 2.21. The number of aliphatic hydroxyl groups is 1. The summed E-state index contributed by atoms with van der Waals surface area (Å²) in [6.45, 7) is 1.75. The average Bonchev–Trinajstić information content (AvgIpc) is 2.66. The molecule has 0 spiro atoms. The molecule has 0 aliphatic carbocycles. The van der Waals surface area contributed by atoms with Crippen molar-refractivity contribution in [3.05, 3.63) is 59.9 Å². The molecule has 1 aliphatic rings. The number of aliphatic hydroxyl groups excluding tert-OH is 1. The number of nitrogens with one attached hydrogen (secondary N) is 1. The number of hydrogen-bond acceptors (Lipinski definition) is 4. The number of halogens is 1. The Morgan fingerprint density at radius 2 is 2.12 bits per heavy atom. The van der Waals surface area contributed by atoms with Gasteiger partial charge in [0.2, 0.25) is 0 Å². The van der Waals surface area contributed by atoms with E-state index in [0.29, 0.717) is 30.1 Å². The smallest absolute Gasteiger partial charge is 0.254 e. The zero-order chi connectivity index (χ0) is 18.4. The summed E-state index contributed by atoms with van der Waals surface area (Å²) >= 11 is 1.46. The number of anilines is 1. The summed E-state index contributed by atoms with van der Waals surface area (Å²) in [5.74, 6) is 0.471. The van der Waals surface area contributed by atoms with Crippen LogP contribution in [0.1, 0.15) is 23.2 Å². The number of likely N-dealkylation sites (tertiary alicyclic amines) is 1. The lowest BCUT2D eigenvalue weighted by Crippen LogP contribution is -2.42. The third-order valence-corrected chi connectivity index (χ3v) is 5.37. The van der Waals surface area contributed by atoms with Crippen LogP contribution in [0.5, 0.6) is 0 Å². The van der Waals surface area contributed by atoms with Crippen LogP contribution < -0.4 is 5.32 Å². The van der Waals surface area contributed by atoms with Crippen LogP contribution in [0.2, 0.25) is 0 Å². The normalized spacial score (nSPS) is 17.2. The summed E-state index contributed by atoms with van der Waals surface area (Å²) in [5.41, 5.74) is 1.48. The molecule has 1 atom stereocenters. The summed E-state index contributed by atoms with van der Waals surface area (Å²) in [4.78, 5) is 14.9. The molecule has 0 radical (unpaired) electrons. The van der Waals surface area contributed by atoms with Gasteiger partial charge in [-0.15, -0.1) is 11.8 Å². The van der Waals surface area contributed by atoms with Gasteiger partial charge in [0, 0.05) is 41.5 Å². The number of thioether (sulfide) groups is 1. The van der Waals surface area contributed by atoms with Crippen LogP contribution in [-0.2, 0) is 0 Å². The van der Waals surface area contributed by atoms with Crippen LogP contribution in [-0.4, -0.2) is 47.4 Å². The summed E-state index contributed by atoms with van der Waals surface area (Å²) in [5, 5.41) is 13.0. The summed E-state index contributed by atoms with van der Waals surface area (Å²) in [6.07, 6.45) is 1.16. The maximum Gasteiger partial charge on any atom is 0.254 e. The second kappa shape index (κ2) is 9.05. The van der Waals surface area contributed by atoms with E-state index in [4.69, 9.17) is 0 Å². The number of piperidine rings is 1. The summed E-state index contributed by atoms with van der Waals surface area (Å²) in [7, 11) is 0. The predicted octanol–water partition coefficient (Wildman–Crippen LogP) is 3.63. The Labute approximate surface area is 157 Å². The molecule has 3 rings (SSSR count). The molecule has 1 heterocycles. The van der Waals surface area contributed by atoms with Crippen LogP contribution in [0.3, 0.4) is 0 Å². The van der Waals surface area contributed by atoms with Crippen molar-refractivity contribution in [3.8, 4) is 0 Å². The second-order valence-corrected chi connectivity index (χ2v) is 7.47. The molecular weight excluding hydrogens is 351 g/mol. The highest BCUT2D eigenvalue weighted by Gasteiger charge is 2.23. The van der Waals surface area contributed by atoms with Crippen molar-refractivity contribution in [2.45, 2.75) is 23.8 Å². The maximum atomic E-state index is 13.6. The molecule has 138 valence electrons. The van der Waals surface area contributed by atoms with Gasteiger partial charge in [0.1, 0.15) is 5.82 Å². The van der Waals surface area contributed by atoms with Gasteiger partial charge in [0.05, 0.1) is 6.10 Å².